The highest BCUT2D eigenvalue weighted by atomic mass is 35.5. The number of halogens is 3. The second kappa shape index (κ2) is 5.07. The van der Waals surface area contributed by atoms with Crippen LogP contribution in [0.25, 0.3) is 0 Å². The molecule has 0 aliphatic rings. The van der Waals surface area contributed by atoms with E-state index in [-0.39, 0.29) is 17.1 Å². The van der Waals surface area contributed by atoms with E-state index in [0.717, 1.165) is 6.07 Å². The largest absolute Gasteiger partial charge is 0.506 e. The lowest BCUT2D eigenvalue weighted by molar-refractivity contribution is -0.136. The lowest BCUT2D eigenvalue weighted by atomic mass is 10.1. The molecule has 1 rings (SSSR count). The molecule has 16 heavy (non-hydrogen) atoms. The van der Waals surface area contributed by atoms with Crippen LogP contribution < -0.4 is 0 Å². The molecule has 4 nitrogen and oxygen atoms in total. The van der Waals surface area contributed by atoms with Gasteiger partial charge < -0.3 is 10.2 Å². The number of rotatable bonds is 4. The van der Waals surface area contributed by atoms with Crippen molar-refractivity contribution in [3.05, 3.63) is 23.0 Å². The Morgan fingerprint density at radius 3 is 2.62 bits per heavy atom. The van der Waals surface area contributed by atoms with Gasteiger partial charge in [0.05, 0.1) is 12.1 Å². The van der Waals surface area contributed by atoms with Crippen LogP contribution in [0.4, 0.5) is 8.78 Å². The lowest BCUT2D eigenvalue weighted by Crippen LogP contribution is -2.07. The molecule has 0 aromatic carbocycles. The molecule has 0 fully saturated rings. The third-order valence-corrected chi connectivity index (χ3v) is 2.16. The van der Waals surface area contributed by atoms with Gasteiger partial charge in [0.1, 0.15) is 11.4 Å². The van der Waals surface area contributed by atoms with Crippen molar-refractivity contribution in [1.82, 2.24) is 4.98 Å². The predicted molar refractivity (Wildman–Crippen MR) is 51.8 cm³/mol. The van der Waals surface area contributed by atoms with Crippen LogP contribution in [0.15, 0.2) is 6.07 Å². The topological polar surface area (TPSA) is 70.4 Å². The van der Waals surface area contributed by atoms with Crippen molar-refractivity contribution >= 4 is 17.6 Å². The molecule has 0 saturated heterocycles. The Labute approximate surface area is 94.5 Å². The third kappa shape index (κ3) is 2.79. The molecule has 0 aliphatic heterocycles. The summed E-state index contributed by atoms with van der Waals surface area (Å²) >= 11 is 5.49. The number of hydrogen-bond donors (Lipinski definition) is 2. The van der Waals surface area contributed by atoms with Crippen molar-refractivity contribution in [1.29, 1.82) is 0 Å². The van der Waals surface area contributed by atoms with Gasteiger partial charge in [-0.05, 0) is 11.6 Å². The summed E-state index contributed by atoms with van der Waals surface area (Å²) in [6.45, 7) is 0. The van der Waals surface area contributed by atoms with E-state index in [0.29, 0.717) is 0 Å². The average Bonchev–Trinajstić information content (AvgIpc) is 2.18. The number of pyridine rings is 1. The van der Waals surface area contributed by atoms with Crippen molar-refractivity contribution in [2.45, 2.75) is 18.7 Å². The zero-order valence-corrected chi connectivity index (χ0v) is 8.71. The van der Waals surface area contributed by atoms with E-state index < -0.39 is 30.3 Å². The second-order valence-electron chi connectivity index (χ2n) is 3.00. The number of carboxylic acid groups (broad SMARTS) is 1. The van der Waals surface area contributed by atoms with Crippen molar-refractivity contribution in [2.24, 2.45) is 0 Å². The van der Waals surface area contributed by atoms with Crippen molar-refractivity contribution in [3.8, 4) is 5.75 Å². The Hall–Kier alpha value is -1.43. The maximum Gasteiger partial charge on any atom is 0.309 e. The fourth-order valence-corrected chi connectivity index (χ4v) is 1.40. The monoisotopic (exact) mass is 251 g/mol. The molecular formula is C9H8ClF2NO3. The molecule has 0 unspecified atom stereocenters. The zero-order valence-electron chi connectivity index (χ0n) is 7.95. The smallest absolute Gasteiger partial charge is 0.309 e. The first-order valence-electron chi connectivity index (χ1n) is 4.23. The molecule has 1 aromatic rings. The average molecular weight is 252 g/mol. The quantitative estimate of drug-likeness (QED) is 0.804. The maximum atomic E-state index is 12.4. The van der Waals surface area contributed by atoms with E-state index >= 15 is 0 Å². The van der Waals surface area contributed by atoms with Crippen LogP contribution in [0.5, 0.6) is 5.75 Å². The van der Waals surface area contributed by atoms with Crippen LogP contribution in [0, 0.1) is 0 Å². The SMILES string of the molecule is O=C(O)Cc1nc(C(F)F)c(O)cc1CCl. The van der Waals surface area contributed by atoms with Crippen LogP contribution in [0.1, 0.15) is 23.4 Å². The molecule has 0 aliphatic carbocycles. The summed E-state index contributed by atoms with van der Waals surface area (Å²) in [5.74, 6) is -1.99. The van der Waals surface area contributed by atoms with Gasteiger partial charge in [0.2, 0.25) is 0 Å². The number of nitrogens with zero attached hydrogens (tertiary/aromatic N) is 1. The van der Waals surface area contributed by atoms with Gasteiger partial charge >= 0.3 is 5.97 Å². The molecule has 1 heterocycles. The highest BCUT2D eigenvalue weighted by molar-refractivity contribution is 6.17. The van der Waals surface area contributed by atoms with Crippen molar-refractivity contribution in [3.63, 3.8) is 0 Å². The second-order valence-corrected chi connectivity index (χ2v) is 3.27. The number of aromatic nitrogens is 1. The van der Waals surface area contributed by atoms with Gasteiger partial charge in [-0.1, -0.05) is 0 Å². The van der Waals surface area contributed by atoms with Crippen LogP contribution >= 0.6 is 11.6 Å². The van der Waals surface area contributed by atoms with Gasteiger partial charge in [0.15, 0.2) is 0 Å². The molecule has 0 spiro atoms. The molecule has 2 N–H and O–H groups in total. The minimum Gasteiger partial charge on any atom is -0.506 e. The summed E-state index contributed by atoms with van der Waals surface area (Å²) in [5, 5.41) is 17.8. The molecule has 88 valence electrons. The molecule has 0 atom stereocenters. The molecular weight excluding hydrogens is 244 g/mol. The van der Waals surface area contributed by atoms with E-state index in [2.05, 4.69) is 4.98 Å². The first-order chi connectivity index (χ1) is 7.45. The third-order valence-electron chi connectivity index (χ3n) is 1.87. The summed E-state index contributed by atoms with van der Waals surface area (Å²) < 4.78 is 24.8. The van der Waals surface area contributed by atoms with Gasteiger partial charge in [-0.15, -0.1) is 11.6 Å². The fraction of sp³-hybridized carbons (Fsp3) is 0.333. The summed E-state index contributed by atoms with van der Waals surface area (Å²) in [5.41, 5.74) is -0.660. The number of aromatic hydroxyl groups is 1. The summed E-state index contributed by atoms with van der Waals surface area (Å²) in [7, 11) is 0. The predicted octanol–water partition coefficient (Wildman–Crippen LogP) is 2.09. The fourth-order valence-electron chi connectivity index (χ4n) is 1.17. The number of carboxylic acids is 1. The van der Waals surface area contributed by atoms with Gasteiger partial charge in [0, 0.05) is 5.88 Å². The zero-order chi connectivity index (χ0) is 12.3. The normalized spacial score (nSPS) is 10.8. The van der Waals surface area contributed by atoms with Crippen LogP contribution in [-0.2, 0) is 17.1 Å². The highest BCUT2D eigenvalue weighted by Gasteiger charge is 2.19. The molecule has 1 aromatic heterocycles. The van der Waals surface area contributed by atoms with E-state index in [1.165, 1.54) is 0 Å². The minimum absolute atomic E-state index is 0.0596. The molecule has 0 saturated carbocycles. The van der Waals surface area contributed by atoms with Crippen LogP contribution in [0.2, 0.25) is 0 Å². The van der Waals surface area contributed by atoms with Gasteiger partial charge in [0.25, 0.3) is 6.43 Å². The summed E-state index contributed by atoms with van der Waals surface area (Å²) in [4.78, 5) is 13.9. The standard InChI is InChI=1S/C9H8ClF2NO3/c10-3-4-1-6(14)8(9(11)12)13-5(4)2-7(15)16/h1,9,14H,2-3H2,(H,15,16). The van der Waals surface area contributed by atoms with E-state index in [1.54, 1.807) is 0 Å². The van der Waals surface area contributed by atoms with Crippen molar-refractivity contribution < 1.29 is 23.8 Å². The Bertz CT molecular complexity index is 412. The van der Waals surface area contributed by atoms with Gasteiger partial charge in [-0.3, -0.25) is 4.79 Å². The molecule has 0 bridgehead atoms. The van der Waals surface area contributed by atoms with Gasteiger partial charge in [-0.2, -0.15) is 0 Å². The van der Waals surface area contributed by atoms with Gasteiger partial charge in [-0.25, -0.2) is 13.8 Å². The number of alkyl halides is 3. The Morgan fingerprint density at radius 1 is 1.56 bits per heavy atom. The summed E-state index contributed by atoms with van der Waals surface area (Å²) in [6, 6.07) is 1.01. The highest BCUT2D eigenvalue weighted by Crippen LogP contribution is 2.28. The summed E-state index contributed by atoms with van der Waals surface area (Å²) in [6.07, 6.45) is -3.47. The number of carbonyl (C=O) groups is 1. The first kappa shape index (κ1) is 12.6. The Kier molecular flexibility index (Phi) is 4.00. The van der Waals surface area contributed by atoms with E-state index in [4.69, 9.17) is 16.7 Å². The maximum absolute atomic E-state index is 12.4. The lowest BCUT2D eigenvalue weighted by Gasteiger charge is -2.09. The minimum atomic E-state index is -2.96. The van der Waals surface area contributed by atoms with Crippen molar-refractivity contribution in [2.75, 3.05) is 0 Å². The number of hydrogen-bond acceptors (Lipinski definition) is 3. The Morgan fingerprint density at radius 2 is 2.19 bits per heavy atom. The Balaban J connectivity index is 3.22. The van der Waals surface area contributed by atoms with E-state index in [1.807, 2.05) is 0 Å². The number of aliphatic carboxylic acids is 1. The van der Waals surface area contributed by atoms with E-state index in [9.17, 15) is 18.7 Å². The van der Waals surface area contributed by atoms with Crippen LogP contribution in [-0.4, -0.2) is 21.2 Å². The molecule has 7 heteroatoms. The van der Waals surface area contributed by atoms with Crippen LogP contribution in [0.3, 0.4) is 0 Å². The first-order valence-corrected chi connectivity index (χ1v) is 4.76. The molecule has 0 radical (unpaired) electrons. The molecule has 0 amide bonds.